The SMILES string of the molecule is CCOC(=O)CN1CCC(C(=O)O)CC1.CN. The van der Waals surface area contributed by atoms with Gasteiger partial charge in [0, 0.05) is 0 Å². The number of esters is 1. The van der Waals surface area contributed by atoms with Crippen molar-refractivity contribution in [2.45, 2.75) is 19.8 Å². The normalized spacial score (nSPS) is 16.9. The molecule has 1 aliphatic rings. The van der Waals surface area contributed by atoms with Gasteiger partial charge < -0.3 is 15.6 Å². The summed E-state index contributed by atoms with van der Waals surface area (Å²) in [5, 5.41) is 8.78. The largest absolute Gasteiger partial charge is 0.481 e. The van der Waals surface area contributed by atoms with Crippen LogP contribution in [0, 0.1) is 5.92 Å². The molecule has 0 aromatic rings. The second-order valence-corrected chi connectivity index (χ2v) is 3.69. The fraction of sp³-hybridized carbons (Fsp3) is 0.818. The van der Waals surface area contributed by atoms with Crippen LogP contribution in [0.3, 0.4) is 0 Å². The van der Waals surface area contributed by atoms with Gasteiger partial charge in [-0.25, -0.2) is 0 Å². The molecule has 0 aliphatic carbocycles. The number of ether oxygens (including phenoxy) is 1. The molecule has 1 heterocycles. The number of carbonyl (C=O) groups excluding carboxylic acids is 1. The minimum Gasteiger partial charge on any atom is -0.481 e. The fourth-order valence-electron chi connectivity index (χ4n) is 1.73. The number of piperidine rings is 1. The van der Waals surface area contributed by atoms with Gasteiger partial charge in [-0.1, -0.05) is 0 Å². The zero-order chi connectivity index (χ0) is 13.3. The highest BCUT2D eigenvalue weighted by Gasteiger charge is 2.25. The average molecular weight is 246 g/mol. The van der Waals surface area contributed by atoms with Crippen LogP contribution in [-0.2, 0) is 14.3 Å². The Hall–Kier alpha value is -1.14. The number of nitrogens with zero attached hydrogens (tertiary/aromatic N) is 1. The molecule has 0 radical (unpaired) electrons. The highest BCUT2D eigenvalue weighted by Crippen LogP contribution is 2.16. The van der Waals surface area contributed by atoms with Crippen molar-refractivity contribution in [1.29, 1.82) is 0 Å². The lowest BCUT2D eigenvalue weighted by molar-refractivity contribution is -0.145. The Balaban J connectivity index is 0.00000121. The molecule has 1 saturated heterocycles. The zero-order valence-electron chi connectivity index (χ0n) is 10.5. The second kappa shape index (κ2) is 8.95. The lowest BCUT2D eigenvalue weighted by Gasteiger charge is -2.28. The van der Waals surface area contributed by atoms with Crippen LogP contribution in [0.15, 0.2) is 0 Å². The molecule has 0 aromatic carbocycles. The van der Waals surface area contributed by atoms with E-state index in [1.807, 2.05) is 4.90 Å². The summed E-state index contributed by atoms with van der Waals surface area (Å²) in [6.07, 6.45) is 1.24. The third kappa shape index (κ3) is 6.23. The Morgan fingerprint density at radius 3 is 2.29 bits per heavy atom. The van der Waals surface area contributed by atoms with E-state index in [2.05, 4.69) is 5.73 Å². The van der Waals surface area contributed by atoms with E-state index >= 15 is 0 Å². The summed E-state index contributed by atoms with van der Waals surface area (Å²) < 4.78 is 4.82. The van der Waals surface area contributed by atoms with Crippen molar-refractivity contribution in [3.63, 3.8) is 0 Å². The first-order chi connectivity index (χ1) is 8.13. The standard InChI is InChI=1S/C10H17NO4.CH5N/c1-2-15-9(12)7-11-5-3-8(4-6-11)10(13)14;1-2/h8H,2-7H2,1H3,(H,13,14);2H2,1H3. The highest BCUT2D eigenvalue weighted by molar-refractivity contribution is 5.72. The van der Waals surface area contributed by atoms with Gasteiger partial charge in [0.05, 0.1) is 19.1 Å². The van der Waals surface area contributed by atoms with Gasteiger partial charge >= 0.3 is 11.9 Å². The Kier molecular flexibility index (Phi) is 8.35. The molecule has 100 valence electrons. The molecule has 17 heavy (non-hydrogen) atoms. The monoisotopic (exact) mass is 246 g/mol. The number of aliphatic carboxylic acids is 1. The third-order valence-electron chi connectivity index (χ3n) is 2.59. The molecule has 3 N–H and O–H groups in total. The van der Waals surface area contributed by atoms with Crippen molar-refractivity contribution < 1.29 is 19.4 Å². The van der Waals surface area contributed by atoms with Crippen molar-refractivity contribution in [3.05, 3.63) is 0 Å². The highest BCUT2D eigenvalue weighted by atomic mass is 16.5. The van der Waals surface area contributed by atoms with E-state index in [1.165, 1.54) is 7.05 Å². The molecular formula is C11H22N2O4. The molecule has 1 aliphatic heterocycles. The summed E-state index contributed by atoms with van der Waals surface area (Å²) >= 11 is 0. The molecule has 6 heteroatoms. The number of carbonyl (C=O) groups is 2. The number of nitrogens with two attached hydrogens (primary N) is 1. The van der Waals surface area contributed by atoms with E-state index < -0.39 is 5.97 Å². The van der Waals surface area contributed by atoms with Crippen LogP contribution in [0.1, 0.15) is 19.8 Å². The van der Waals surface area contributed by atoms with Crippen LogP contribution >= 0.6 is 0 Å². The average Bonchev–Trinajstić information content (AvgIpc) is 2.32. The number of rotatable bonds is 4. The number of hydrogen-bond donors (Lipinski definition) is 2. The van der Waals surface area contributed by atoms with E-state index in [9.17, 15) is 9.59 Å². The van der Waals surface area contributed by atoms with Gasteiger partial charge in [0.25, 0.3) is 0 Å². The Bertz CT molecular complexity index is 238. The van der Waals surface area contributed by atoms with Gasteiger partial charge in [0.15, 0.2) is 0 Å². The van der Waals surface area contributed by atoms with Gasteiger partial charge in [-0.3, -0.25) is 14.5 Å². The molecule has 0 unspecified atom stereocenters. The topological polar surface area (TPSA) is 92.9 Å². The van der Waals surface area contributed by atoms with Crippen molar-refractivity contribution in [3.8, 4) is 0 Å². The maximum atomic E-state index is 11.1. The minimum absolute atomic E-state index is 0.230. The van der Waals surface area contributed by atoms with E-state index in [0.717, 1.165) is 0 Å². The fourth-order valence-corrected chi connectivity index (χ4v) is 1.73. The van der Waals surface area contributed by atoms with Crippen molar-refractivity contribution in [2.24, 2.45) is 11.7 Å². The molecule has 0 amide bonds. The first-order valence-corrected chi connectivity index (χ1v) is 5.82. The predicted molar refractivity (Wildman–Crippen MR) is 63.5 cm³/mol. The molecule has 6 nitrogen and oxygen atoms in total. The number of carboxylic acid groups (broad SMARTS) is 1. The summed E-state index contributed by atoms with van der Waals surface area (Å²) in [5.41, 5.74) is 4.50. The van der Waals surface area contributed by atoms with Crippen LogP contribution in [0.4, 0.5) is 0 Å². The van der Waals surface area contributed by atoms with Crippen molar-refractivity contribution in [2.75, 3.05) is 33.3 Å². The maximum Gasteiger partial charge on any atom is 0.320 e. The Labute approximate surface area is 102 Å². The van der Waals surface area contributed by atoms with E-state index in [0.29, 0.717) is 32.5 Å². The second-order valence-electron chi connectivity index (χ2n) is 3.69. The van der Waals surface area contributed by atoms with Crippen LogP contribution in [0.2, 0.25) is 0 Å². The molecule has 0 spiro atoms. The molecule has 0 bridgehead atoms. The predicted octanol–water partition coefficient (Wildman–Crippen LogP) is -0.0790. The smallest absolute Gasteiger partial charge is 0.320 e. The number of likely N-dealkylation sites (tertiary alicyclic amines) is 1. The van der Waals surface area contributed by atoms with Crippen LogP contribution in [-0.4, -0.2) is 55.2 Å². The van der Waals surface area contributed by atoms with Gasteiger partial charge in [0.1, 0.15) is 0 Å². The first-order valence-electron chi connectivity index (χ1n) is 5.82. The van der Waals surface area contributed by atoms with Gasteiger partial charge in [-0.2, -0.15) is 0 Å². The third-order valence-corrected chi connectivity index (χ3v) is 2.59. The van der Waals surface area contributed by atoms with Crippen LogP contribution in [0.25, 0.3) is 0 Å². The summed E-state index contributed by atoms with van der Waals surface area (Å²) in [7, 11) is 1.50. The molecular weight excluding hydrogens is 224 g/mol. The Morgan fingerprint density at radius 1 is 1.35 bits per heavy atom. The van der Waals surface area contributed by atoms with Gasteiger partial charge in [-0.15, -0.1) is 0 Å². The molecule has 1 fully saturated rings. The van der Waals surface area contributed by atoms with Crippen LogP contribution < -0.4 is 5.73 Å². The quantitative estimate of drug-likeness (QED) is 0.674. The van der Waals surface area contributed by atoms with E-state index in [1.54, 1.807) is 6.92 Å². The molecule has 0 atom stereocenters. The van der Waals surface area contributed by atoms with Gasteiger partial charge in [-0.05, 0) is 39.9 Å². The zero-order valence-corrected chi connectivity index (χ0v) is 10.5. The molecule has 0 saturated carbocycles. The number of hydrogen-bond acceptors (Lipinski definition) is 5. The lowest BCUT2D eigenvalue weighted by Crippen LogP contribution is -2.39. The van der Waals surface area contributed by atoms with Crippen molar-refractivity contribution >= 4 is 11.9 Å². The minimum atomic E-state index is -0.731. The van der Waals surface area contributed by atoms with Crippen molar-refractivity contribution in [1.82, 2.24) is 4.90 Å². The lowest BCUT2D eigenvalue weighted by atomic mass is 9.97. The summed E-state index contributed by atoms with van der Waals surface area (Å²) in [4.78, 5) is 23.8. The molecule has 0 aromatic heterocycles. The Morgan fingerprint density at radius 2 is 1.88 bits per heavy atom. The molecule has 1 rings (SSSR count). The maximum absolute atomic E-state index is 11.1. The summed E-state index contributed by atoms with van der Waals surface area (Å²) in [6, 6.07) is 0. The van der Waals surface area contributed by atoms with Gasteiger partial charge in [0.2, 0.25) is 0 Å². The first kappa shape index (κ1) is 15.9. The summed E-state index contributed by atoms with van der Waals surface area (Å²) in [6.45, 7) is 3.77. The van der Waals surface area contributed by atoms with E-state index in [-0.39, 0.29) is 18.4 Å². The number of carboxylic acids is 1. The van der Waals surface area contributed by atoms with Crippen LogP contribution in [0.5, 0.6) is 0 Å². The summed E-state index contributed by atoms with van der Waals surface area (Å²) in [5.74, 6) is -1.21. The van der Waals surface area contributed by atoms with E-state index in [4.69, 9.17) is 9.84 Å².